The molecule has 0 aliphatic carbocycles. The topological polar surface area (TPSA) is 69.2 Å². The molecule has 2 N–H and O–H groups in total. The van der Waals surface area contributed by atoms with E-state index in [1.54, 1.807) is 0 Å². The summed E-state index contributed by atoms with van der Waals surface area (Å²) < 4.78 is 7.68. The van der Waals surface area contributed by atoms with Crippen LogP contribution in [0.1, 0.15) is 19.5 Å². The molecule has 0 aromatic carbocycles. The summed E-state index contributed by atoms with van der Waals surface area (Å²) in [6.07, 6.45) is 2.96. The van der Waals surface area contributed by atoms with Crippen LogP contribution in [0.15, 0.2) is 6.20 Å². The lowest BCUT2D eigenvalue weighted by Crippen LogP contribution is -2.45. The Balaban J connectivity index is 1.83. The molecule has 6 heteroatoms. The van der Waals surface area contributed by atoms with Gasteiger partial charge < -0.3 is 10.5 Å². The molecule has 108 valence electrons. The third-order valence-electron chi connectivity index (χ3n) is 3.22. The van der Waals surface area contributed by atoms with Crippen molar-refractivity contribution in [3.8, 4) is 0 Å². The molecule has 6 nitrogen and oxygen atoms in total. The van der Waals surface area contributed by atoms with Crippen molar-refractivity contribution in [2.45, 2.75) is 32.9 Å². The van der Waals surface area contributed by atoms with E-state index in [0.29, 0.717) is 12.5 Å². The second kappa shape index (κ2) is 6.98. The standard InChI is InChI=1S/C13H25N5O/c1-11(2)7-17-5-6-19-13(9-17)10-18-8-12(3-4-14)15-16-18/h8,11,13H,3-7,9-10,14H2,1-2H3. The van der Waals surface area contributed by atoms with Crippen molar-refractivity contribution in [1.29, 1.82) is 0 Å². The van der Waals surface area contributed by atoms with E-state index in [-0.39, 0.29) is 6.10 Å². The predicted octanol–water partition coefficient (Wildman–Crippen LogP) is 0.136. The van der Waals surface area contributed by atoms with Crippen molar-refractivity contribution in [3.63, 3.8) is 0 Å². The minimum absolute atomic E-state index is 0.208. The molecule has 0 saturated carbocycles. The van der Waals surface area contributed by atoms with Crippen LogP contribution in [0.3, 0.4) is 0 Å². The Bertz CT molecular complexity index is 379. The third-order valence-corrected chi connectivity index (χ3v) is 3.22. The number of ether oxygens (including phenoxy) is 1. The zero-order chi connectivity index (χ0) is 13.7. The third kappa shape index (κ3) is 4.56. The number of hydrogen-bond donors (Lipinski definition) is 1. The minimum atomic E-state index is 0.208. The molecule has 1 aliphatic heterocycles. The first-order chi connectivity index (χ1) is 9.17. The van der Waals surface area contributed by atoms with Crippen molar-refractivity contribution in [2.24, 2.45) is 11.7 Å². The normalized spacial score (nSPS) is 21.2. The molecule has 0 bridgehead atoms. The fourth-order valence-electron chi connectivity index (χ4n) is 2.47. The van der Waals surface area contributed by atoms with Gasteiger partial charge >= 0.3 is 0 Å². The Morgan fingerprint density at radius 3 is 3.11 bits per heavy atom. The van der Waals surface area contributed by atoms with E-state index in [0.717, 1.165) is 44.9 Å². The molecular formula is C13H25N5O. The quantitative estimate of drug-likeness (QED) is 0.794. The Kier molecular flexibility index (Phi) is 5.30. The Morgan fingerprint density at radius 1 is 1.53 bits per heavy atom. The van der Waals surface area contributed by atoms with Gasteiger partial charge in [0.2, 0.25) is 0 Å². The molecule has 1 fully saturated rings. The van der Waals surface area contributed by atoms with Crippen LogP contribution in [0.4, 0.5) is 0 Å². The highest BCUT2D eigenvalue weighted by Crippen LogP contribution is 2.09. The maximum absolute atomic E-state index is 5.81. The van der Waals surface area contributed by atoms with E-state index in [2.05, 4.69) is 29.1 Å². The molecule has 0 radical (unpaired) electrons. The molecule has 1 unspecified atom stereocenters. The molecule has 1 aliphatic rings. The molecule has 1 aromatic heterocycles. The van der Waals surface area contributed by atoms with Crippen LogP contribution in [0.2, 0.25) is 0 Å². The molecule has 0 amide bonds. The Hall–Kier alpha value is -0.980. The van der Waals surface area contributed by atoms with E-state index < -0.39 is 0 Å². The van der Waals surface area contributed by atoms with Gasteiger partial charge in [-0.3, -0.25) is 4.90 Å². The number of nitrogens with two attached hydrogens (primary N) is 1. The van der Waals surface area contributed by atoms with Crippen LogP contribution in [0.5, 0.6) is 0 Å². The highest BCUT2D eigenvalue weighted by atomic mass is 16.5. The summed E-state index contributed by atoms with van der Waals surface area (Å²) in [5.41, 5.74) is 6.47. The van der Waals surface area contributed by atoms with E-state index >= 15 is 0 Å². The van der Waals surface area contributed by atoms with Crippen molar-refractivity contribution in [2.75, 3.05) is 32.8 Å². The van der Waals surface area contributed by atoms with Gasteiger partial charge in [0.1, 0.15) is 0 Å². The molecule has 1 atom stereocenters. The first kappa shape index (κ1) is 14.4. The number of morpholine rings is 1. The fourth-order valence-corrected chi connectivity index (χ4v) is 2.47. The fraction of sp³-hybridized carbons (Fsp3) is 0.846. The van der Waals surface area contributed by atoms with Gasteiger partial charge in [0, 0.05) is 32.3 Å². The van der Waals surface area contributed by atoms with Gasteiger partial charge in [-0.05, 0) is 12.5 Å². The van der Waals surface area contributed by atoms with E-state index in [1.165, 1.54) is 0 Å². The molecule has 2 rings (SSSR count). The summed E-state index contributed by atoms with van der Waals surface area (Å²) in [6.45, 7) is 9.83. The van der Waals surface area contributed by atoms with Crippen LogP contribution in [-0.4, -0.2) is 58.8 Å². The second-order valence-corrected chi connectivity index (χ2v) is 5.62. The maximum atomic E-state index is 5.81. The zero-order valence-electron chi connectivity index (χ0n) is 12.0. The summed E-state index contributed by atoms with van der Waals surface area (Å²) in [5, 5.41) is 8.23. The monoisotopic (exact) mass is 267 g/mol. The van der Waals surface area contributed by atoms with E-state index in [4.69, 9.17) is 10.5 Å². The molecular weight excluding hydrogens is 242 g/mol. The lowest BCUT2D eigenvalue weighted by Gasteiger charge is -2.33. The van der Waals surface area contributed by atoms with Gasteiger partial charge in [-0.2, -0.15) is 0 Å². The average molecular weight is 267 g/mol. The summed E-state index contributed by atoms with van der Waals surface area (Å²) in [4.78, 5) is 2.47. The van der Waals surface area contributed by atoms with Crippen LogP contribution < -0.4 is 5.73 Å². The smallest absolute Gasteiger partial charge is 0.0898 e. The van der Waals surface area contributed by atoms with Gasteiger partial charge in [0.25, 0.3) is 0 Å². The highest BCUT2D eigenvalue weighted by Gasteiger charge is 2.21. The van der Waals surface area contributed by atoms with Gasteiger partial charge in [-0.15, -0.1) is 5.10 Å². The van der Waals surface area contributed by atoms with Crippen molar-refractivity contribution in [3.05, 3.63) is 11.9 Å². The first-order valence-electron chi connectivity index (χ1n) is 7.10. The number of aromatic nitrogens is 3. The number of nitrogens with zero attached hydrogens (tertiary/aromatic N) is 4. The number of hydrogen-bond acceptors (Lipinski definition) is 5. The van der Waals surface area contributed by atoms with Gasteiger partial charge in [-0.1, -0.05) is 19.1 Å². The summed E-state index contributed by atoms with van der Waals surface area (Å²) in [6, 6.07) is 0. The molecule has 19 heavy (non-hydrogen) atoms. The van der Waals surface area contributed by atoms with Crippen LogP contribution >= 0.6 is 0 Å². The summed E-state index contributed by atoms with van der Waals surface area (Å²) >= 11 is 0. The minimum Gasteiger partial charge on any atom is -0.374 e. The maximum Gasteiger partial charge on any atom is 0.0898 e. The highest BCUT2D eigenvalue weighted by molar-refractivity contribution is 4.93. The number of rotatable bonds is 6. The van der Waals surface area contributed by atoms with Crippen LogP contribution in [0.25, 0.3) is 0 Å². The lowest BCUT2D eigenvalue weighted by atomic mass is 10.2. The summed E-state index contributed by atoms with van der Waals surface area (Å²) in [7, 11) is 0. The molecule has 1 aromatic rings. The molecule has 0 spiro atoms. The van der Waals surface area contributed by atoms with Crippen molar-refractivity contribution in [1.82, 2.24) is 19.9 Å². The molecule has 2 heterocycles. The van der Waals surface area contributed by atoms with Gasteiger partial charge in [0.05, 0.1) is 24.9 Å². The Morgan fingerprint density at radius 2 is 2.37 bits per heavy atom. The van der Waals surface area contributed by atoms with Crippen molar-refractivity contribution < 1.29 is 4.74 Å². The summed E-state index contributed by atoms with van der Waals surface area (Å²) in [5.74, 6) is 0.696. The SMILES string of the molecule is CC(C)CN1CCOC(Cn2cc(CCN)nn2)C1. The Labute approximate surface area is 114 Å². The lowest BCUT2D eigenvalue weighted by molar-refractivity contribution is -0.0406. The van der Waals surface area contributed by atoms with Gasteiger partial charge in [-0.25, -0.2) is 4.68 Å². The van der Waals surface area contributed by atoms with Gasteiger partial charge in [0.15, 0.2) is 0 Å². The van der Waals surface area contributed by atoms with Crippen LogP contribution in [0, 0.1) is 5.92 Å². The van der Waals surface area contributed by atoms with Crippen molar-refractivity contribution >= 4 is 0 Å². The first-order valence-corrected chi connectivity index (χ1v) is 7.10. The predicted molar refractivity (Wildman–Crippen MR) is 73.8 cm³/mol. The largest absolute Gasteiger partial charge is 0.374 e. The second-order valence-electron chi connectivity index (χ2n) is 5.62. The van der Waals surface area contributed by atoms with E-state index in [1.807, 2.05) is 10.9 Å². The molecule has 1 saturated heterocycles. The van der Waals surface area contributed by atoms with Crippen LogP contribution in [-0.2, 0) is 17.7 Å². The average Bonchev–Trinajstić information content (AvgIpc) is 2.76. The van der Waals surface area contributed by atoms with E-state index in [9.17, 15) is 0 Å². The zero-order valence-corrected chi connectivity index (χ0v) is 12.0.